The summed E-state index contributed by atoms with van der Waals surface area (Å²) in [7, 11) is 0. The second-order valence-electron chi connectivity index (χ2n) is 5.53. The maximum atomic E-state index is 12.6. The van der Waals surface area contributed by atoms with Gasteiger partial charge in [-0.25, -0.2) is 4.98 Å². The van der Waals surface area contributed by atoms with E-state index in [0.717, 1.165) is 40.8 Å². The summed E-state index contributed by atoms with van der Waals surface area (Å²) >= 11 is 1.47. The molecule has 0 amide bonds. The molecule has 1 aliphatic rings. The Labute approximate surface area is 132 Å². The average molecular weight is 312 g/mol. The third-order valence-corrected chi connectivity index (χ3v) is 5.01. The van der Waals surface area contributed by atoms with E-state index < -0.39 is 0 Å². The predicted octanol–water partition coefficient (Wildman–Crippen LogP) is 3.30. The van der Waals surface area contributed by atoms with Gasteiger partial charge in [0.2, 0.25) is 0 Å². The summed E-state index contributed by atoms with van der Waals surface area (Å²) in [5.74, 6) is 0. The van der Waals surface area contributed by atoms with E-state index in [-0.39, 0.29) is 11.7 Å². The van der Waals surface area contributed by atoms with Crippen LogP contribution in [0.25, 0.3) is 21.3 Å². The van der Waals surface area contributed by atoms with Crippen LogP contribution in [0.15, 0.2) is 46.8 Å². The molecule has 2 aromatic heterocycles. The lowest BCUT2D eigenvalue weighted by molar-refractivity contribution is 0.0960. The number of rotatable bonds is 3. The van der Waals surface area contributed by atoms with E-state index in [9.17, 15) is 4.79 Å². The van der Waals surface area contributed by atoms with Crippen LogP contribution in [0.1, 0.15) is 12.8 Å². The third kappa shape index (κ3) is 2.36. The number of ether oxygens (including phenoxy) is 1. The molecule has 1 aliphatic heterocycles. The van der Waals surface area contributed by atoms with Gasteiger partial charge in [0, 0.05) is 17.6 Å². The van der Waals surface area contributed by atoms with Gasteiger partial charge in [0.05, 0.1) is 24.5 Å². The summed E-state index contributed by atoms with van der Waals surface area (Å²) in [6.45, 7) is 1.40. The Kier molecular flexibility index (Phi) is 3.52. The van der Waals surface area contributed by atoms with Crippen molar-refractivity contribution in [3.05, 3.63) is 52.4 Å². The van der Waals surface area contributed by atoms with Gasteiger partial charge in [0.1, 0.15) is 4.70 Å². The number of nitrogens with zero attached hydrogens (tertiary/aromatic N) is 2. The Bertz CT molecular complexity index is 848. The van der Waals surface area contributed by atoms with Gasteiger partial charge in [-0.1, -0.05) is 30.3 Å². The topological polar surface area (TPSA) is 44.1 Å². The van der Waals surface area contributed by atoms with Gasteiger partial charge >= 0.3 is 0 Å². The number of hydrogen-bond donors (Lipinski definition) is 0. The third-order valence-electron chi connectivity index (χ3n) is 4.06. The average Bonchev–Trinajstić information content (AvgIpc) is 3.21. The Balaban J connectivity index is 1.76. The molecule has 0 N–H and O–H groups in total. The van der Waals surface area contributed by atoms with Crippen molar-refractivity contribution in [3.63, 3.8) is 0 Å². The zero-order valence-electron chi connectivity index (χ0n) is 12.1. The summed E-state index contributed by atoms with van der Waals surface area (Å²) in [6.07, 6.45) is 3.90. The fourth-order valence-electron chi connectivity index (χ4n) is 2.90. The van der Waals surface area contributed by atoms with Gasteiger partial charge in [-0.2, -0.15) is 0 Å². The Morgan fingerprint density at radius 3 is 2.95 bits per heavy atom. The van der Waals surface area contributed by atoms with Crippen molar-refractivity contribution in [2.45, 2.75) is 25.5 Å². The number of benzene rings is 1. The highest BCUT2D eigenvalue weighted by Crippen LogP contribution is 2.30. The van der Waals surface area contributed by atoms with Crippen LogP contribution < -0.4 is 5.56 Å². The van der Waals surface area contributed by atoms with Crippen LogP contribution in [0, 0.1) is 0 Å². The van der Waals surface area contributed by atoms with E-state index in [2.05, 4.69) is 4.98 Å². The summed E-state index contributed by atoms with van der Waals surface area (Å²) in [6, 6.07) is 10.1. The van der Waals surface area contributed by atoms with Crippen LogP contribution >= 0.6 is 11.3 Å². The highest BCUT2D eigenvalue weighted by molar-refractivity contribution is 7.17. The molecule has 0 spiro atoms. The second-order valence-corrected chi connectivity index (χ2v) is 6.41. The van der Waals surface area contributed by atoms with Crippen LogP contribution in [0.2, 0.25) is 0 Å². The molecule has 112 valence electrons. The fraction of sp³-hybridized carbons (Fsp3) is 0.294. The zero-order valence-corrected chi connectivity index (χ0v) is 12.9. The van der Waals surface area contributed by atoms with E-state index in [1.165, 1.54) is 11.3 Å². The first kappa shape index (κ1) is 13.7. The van der Waals surface area contributed by atoms with E-state index in [1.807, 2.05) is 35.7 Å². The van der Waals surface area contributed by atoms with Crippen LogP contribution in [0.4, 0.5) is 0 Å². The second kappa shape index (κ2) is 5.66. The minimum atomic E-state index is 0.0349. The van der Waals surface area contributed by atoms with Gasteiger partial charge in [-0.05, 0) is 18.4 Å². The smallest absolute Gasteiger partial charge is 0.271 e. The molecule has 1 aromatic carbocycles. The monoisotopic (exact) mass is 312 g/mol. The van der Waals surface area contributed by atoms with Crippen molar-refractivity contribution in [1.82, 2.24) is 9.55 Å². The molecule has 0 saturated carbocycles. The zero-order chi connectivity index (χ0) is 14.9. The molecule has 0 unspecified atom stereocenters. The number of fused-ring (bicyclic) bond motifs is 1. The Morgan fingerprint density at radius 1 is 1.32 bits per heavy atom. The molecule has 0 radical (unpaired) electrons. The normalized spacial score (nSPS) is 18.1. The number of thiophene rings is 1. The van der Waals surface area contributed by atoms with Crippen molar-refractivity contribution < 1.29 is 4.74 Å². The van der Waals surface area contributed by atoms with Gasteiger partial charge < -0.3 is 4.74 Å². The van der Waals surface area contributed by atoms with Crippen molar-refractivity contribution in [3.8, 4) is 11.1 Å². The molecule has 1 fully saturated rings. The van der Waals surface area contributed by atoms with E-state index in [4.69, 9.17) is 4.74 Å². The van der Waals surface area contributed by atoms with Gasteiger partial charge in [-0.15, -0.1) is 11.3 Å². The van der Waals surface area contributed by atoms with Crippen molar-refractivity contribution >= 4 is 21.6 Å². The minimum Gasteiger partial charge on any atom is -0.376 e. The number of hydrogen-bond acceptors (Lipinski definition) is 4. The first-order chi connectivity index (χ1) is 10.8. The first-order valence-electron chi connectivity index (χ1n) is 7.46. The number of aromatic nitrogens is 2. The van der Waals surface area contributed by atoms with Gasteiger partial charge in [0.25, 0.3) is 5.56 Å². The van der Waals surface area contributed by atoms with E-state index >= 15 is 0 Å². The summed E-state index contributed by atoms with van der Waals surface area (Å²) < 4.78 is 8.02. The molecule has 3 heterocycles. The summed E-state index contributed by atoms with van der Waals surface area (Å²) in [5, 5.41) is 2.02. The maximum absolute atomic E-state index is 12.6. The largest absolute Gasteiger partial charge is 0.376 e. The van der Waals surface area contributed by atoms with Crippen LogP contribution in [0.5, 0.6) is 0 Å². The molecule has 3 aromatic rings. The molecule has 0 bridgehead atoms. The van der Waals surface area contributed by atoms with E-state index in [1.54, 1.807) is 10.9 Å². The highest BCUT2D eigenvalue weighted by atomic mass is 32.1. The molecule has 0 aliphatic carbocycles. The Morgan fingerprint density at radius 2 is 2.18 bits per heavy atom. The maximum Gasteiger partial charge on any atom is 0.271 e. The molecular weight excluding hydrogens is 296 g/mol. The lowest BCUT2D eigenvalue weighted by Crippen LogP contribution is -2.26. The van der Waals surface area contributed by atoms with Gasteiger partial charge in [0.15, 0.2) is 0 Å². The Hall–Kier alpha value is -1.98. The SMILES string of the molecule is O=c1c2scc(-c3ccccc3)c2ncn1C[C@H]1CCCO1. The molecule has 5 heteroatoms. The van der Waals surface area contributed by atoms with Crippen molar-refractivity contribution in [1.29, 1.82) is 0 Å². The summed E-state index contributed by atoms with van der Waals surface area (Å²) in [4.78, 5) is 17.2. The lowest BCUT2D eigenvalue weighted by Gasteiger charge is -2.11. The van der Waals surface area contributed by atoms with E-state index in [0.29, 0.717) is 6.54 Å². The van der Waals surface area contributed by atoms with Crippen LogP contribution in [0.3, 0.4) is 0 Å². The standard InChI is InChI=1S/C17H16N2O2S/c20-17-16-15(14(10-22-16)12-5-2-1-3-6-12)18-11-19(17)9-13-7-4-8-21-13/h1-3,5-6,10-11,13H,4,7-9H2/t13-/m1/s1. The van der Waals surface area contributed by atoms with Gasteiger partial charge in [-0.3, -0.25) is 9.36 Å². The summed E-state index contributed by atoms with van der Waals surface area (Å²) in [5.41, 5.74) is 2.96. The quantitative estimate of drug-likeness (QED) is 0.745. The molecule has 22 heavy (non-hydrogen) atoms. The molecule has 1 saturated heterocycles. The molecular formula is C17H16N2O2S. The van der Waals surface area contributed by atoms with Crippen LogP contribution in [-0.4, -0.2) is 22.3 Å². The molecule has 1 atom stereocenters. The predicted molar refractivity (Wildman–Crippen MR) is 88.3 cm³/mol. The lowest BCUT2D eigenvalue weighted by atomic mass is 10.1. The minimum absolute atomic E-state index is 0.0349. The van der Waals surface area contributed by atoms with Crippen molar-refractivity contribution in [2.75, 3.05) is 6.61 Å². The van der Waals surface area contributed by atoms with Crippen LogP contribution in [-0.2, 0) is 11.3 Å². The first-order valence-corrected chi connectivity index (χ1v) is 8.34. The molecule has 4 nitrogen and oxygen atoms in total. The fourth-order valence-corrected chi connectivity index (χ4v) is 3.88. The highest BCUT2D eigenvalue weighted by Gasteiger charge is 2.18. The molecule has 4 rings (SSSR count). The van der Waals surface area contributed by atoms with Crippen molar-refractivity contribution in [2.24, 2.45) is 0 Å².